The lowest BCUT2D eigenvalue weighted by Crippen LogP contribution is -2.38. The van der Waals surface area contributed by atoms with Gasteiger partial charge in [0.1, 0.15) is 0 Å². The second kappa shape index (κ2) is 4.88. The van der Waals surface area contributed by atoms with E-state index in [1.165, 1.54) is 0 Å². The van der Waals surface area contributed by atoms with Gasteiger partial charge in [-0.15, -0.1) is 0 Å². The van der Waals surface area contributed by atoms with Crippen molar-refractivity contribution < 1.29 is 26.2 Å². The molecule has 1 unspecified atom stereocenters. The highest BCUT2D eigenvalue weighted by Gasteiger charge is 2.28. The molecule has 0 aliphatic heterocycles. The average Bonchev–Trinajstić information content (AvgIpc) is 1.92. The molecule has 0 bridgehead atoms. The zero-order chi connectivity index (χ0) is 12.3. The Morgan fingerprint density at radius 3 is 2.13 bits per heavy atom. The van der Waals surface area contributed by atoms with Gasteiger partial charge in [0.25, 0.3) is 10.1 Å². The Kier molecular flexibility index (Phi) is 4.65. The topological polar surface area (TPSA) is 144 Å². The first-order valence-corrected chi connectivity index (χ1v) is 7.14. The number of amides is 1. The van der Waals surface area contributed by atoms with Gasteiger partial charge in [-0.05, 0) is 6.42 Å². The van der Waals surface area contributed by atoms with E-state index in [4.69, 9.17) is 10.3 Å². The summed E-state index contributed by atoms with van der Waals surface area (Å²) < 4.78 is 52.9. The maximum absolute atomic E-state index is 10.6. The molecule has 0 fully saturated rings. The summed E-state index contributed by atoms with van der Waals surface area (Å²) in [7, 11) is -8.06. The van der Waals surface area contributed by atoms with Crippen LogP contribution in [0.3, 0.4) is 0 Å². The third-order valence-electron chi connectivity index (χ3n) is 1.45. The molecular formula is C5H12N2O6S2. The molecule has 0 aliphatic carbocycles. The highest BCUT2D eigenvalue weighted by molar-refractivity contribution is 7.88. The van der Waals surface area contributed by atoms with Crippen molar-refractivity contribution in [2.75, 3.05) is 12.8 Å². The van der Waals surface area contributed by atoms with Gasteiger partial charge in [0.05, 0.1) is 6.26 Å². The number of carbonyl (C=O) groups excluding carboxylic acids is 1. The third-order valence-corrected chi connectivity index (χ3v) is 3.36. The molecule has 0 saturated carbocycles. The molecule has 0 rings (SSSR count). The number of rotatable bonds is 6. The van der Waals surface area contributed by atoms with E-state index in [9.17, 15) is 21.6 Å². The average molecular weight is 260 g/mol. The zero-order valence-electron chi connectivity index (χ0n) is 7.87. The summed E-state index contributed by atoms with van der Waals surface area (Å²) in [6, 6.07) is 0. The van der Waals surface area contributed by atoms with Crippen LogP contribution in [0, 0.1) is 0 Å². The summed E-state index contributed by atoms with van der Waals surface area (Å²) in [6.07, 6.45) is 0.459. The molecule has 1 amide bonds. The van der Waals surface area contributed by atoms with E-state index in [1.807, 2.05) is 4.72 Å². The zero-order valence-corrected chi connectivity index (χ0v) is 9.51. The van der Waals surface area contributed by atoms with Gasteiger partial charge in [-0.2, -0.15) is 8.42 Å². The second-order valence-corrected chi connectivity index (χ2v) is 6.29. The van der Waals surface area contributed by atoms with Gasteiger partial charge in [-0.3, -0.25) is 9.35 Å². The van der Waals surface area contributed by atoms with E-state index >= 15 is 0 Å². The van der Waals surface area contributed by atoms with Gasteiger partial charge in [0, 0.05) is 6.54 Å². The molecule has 0 saturated heterocycles. The van der Waals surface area contributed by atoms with Crippen LogP contribution in [0.1, 0.15) is 6.42 Å². The van der Waals surface area contributed by atoms with Crippen LogP contribution in [0.15, 0.2) is 0 Å². The molecule has 0 aromatic heterocycles. The molecule has 0 heterocycles. The van der Waals surface area contributed by atoms with Gasteiger partial charge in [0.15, 0.2) is 5.25 Å². The van der Waals surface area contributed by atoms with E-state index in [1.54, 1.807) is 0 Å². The first kappa shape index (κ1) is 14.3. The fraction of sp³-hybridized carbons (Fsp3) is 0.800. The van der Waals surface area contributed by atoms with Gasteiger partial charge in [-0.25, -0.2) is 13.1 Å². The lowest BCUT2D eigenvalue weighted by atomic mass is 10.3. The number of primary amides is 1. The molecule has 10 heteroatoms. The number of nitrogens with two attached hydrogens (primary N) is 1. The van der Waals surface area contributed by atoms with Crippen LogP contribution in [0.5, 0.6) is 0 Å². The molecule has 90 valence electrons. The third kappa shape index (κ3) is 6.38. The minimum atomic E-state index is -4.59. The molecule has 4 N–H and O–H groups in total. The first-order chi connectivity index (χ1) is 6.54. The molecular weight excluding hydrogens is 248 g/mol. The maximum atomic E-state index is 10.6. The van der Waals surface area contributed by atoms with Crippen LogP contribution < -0.4 is 10.5 Å². The van der Waals surface area contributed by atoms with Crippen LogP contribution in [-0.2, 0) is 24.9 Å². The number of hydrogen-bond acceptors (Lipinski definition) is 5. The summed E-state index contributed by atoms with van der Waals surface area (Å²) >= 11 is 0. The molecule has 0 spiro atoms. The molecule has 1 atom stereocenters. The summed E-state index contributed by atoms with van der Waals surface area (Å²) in [5.41, 5.74) is 4.72. The second-order valence-electron chi connectivity index (χ2n) is 2.86. The molecule has 0 aliphatic rings. The van der Waals surface area contributed by atoms with Crippen molar-refractivity contribution in [1.82, 2.24) is 4.72 Å². The highest BCUT2D eigenvalue weighted by atomic mass is 32.2. The van der Waals surface area contributed by atoms with Crippen molar-refractivity contribution in [1.29, 1.82) is 0 Å². The predicted molar refractivity (Wildman–Crippen MR) is 52.0 cm³/mol. The summed E-state index contributed by atoms with van der Waals surface area (Å²) in [5.74, 6) is -1.23. The van der Waals surface area contributed by atoms with Crippen LogP contribution in [0.25, 0.3) is 0 Å². The Labute approximate surface area is 87.6 Å². The van der Waals surface area contributed by atoms with E-state index in [-0.39, 0.29) is 6.54 Å². The van der Waals surface area contributed by atoms with Crippen molar-refractivity contribution >= 4 is 26.0 Å². The van der Waals surface area contributed by atoms with E-state index in [2.05, 4.69) is 0 Å². The number of carbonyl (C=O) groups is 1. The summed E-state index contributed by atoms with van der Waals surface area (Å²) in [5, 5.41) is -1.80. The Morgan fingerprint density at radius 2 is 1.87 bits per heavy atom. The first-order valence-electron chi connectivity index (χ1n) is 3.74. The lowest BCUT2D eigenvalue weighted by Gasteiger charge is -2.09. The molecule has 15 heavy (non-hydrogen) atoms. The summed E-state index contributed by atoms with van der Waals surface area (Å²) in [4.78, 5) is 10.6. The Hall–Kier alpha value is -0.710. The quantitative estimate of drug-likeness (QED) is 0.457. The fourth-order valence-corrected chi connectivity index (χ4v) is 2.01. The Bertz CT molecular complexity index is 424. The van der Waals surface area contributed by atoms with E-state index in [0.29, 0.717) is 0 Å². The smallest absolute Gasteiger partial charge is 0.276 e. The van der Waals surface area contributed by atoms with Crippen molar-refractivity contribution in [3.8, 4) is 0 Å². The van der Waals surface area contributed by atoms with E-state index < -0.39 is 37.7 Å². The fourth-order valence-electron chi connectivity index (χ4n) is 0.813. The molecule has 0 aromatic carbocycles. The highest BCUT2D eigenvalue weighted by Crippen LogP contribution is 2.02. The van der Waals surface area contributed by atoms with Gasteiger partial charge < -0.3 is 5.73 Å². The predicted octanol–water partition coefficient (Wildman–Crippen LogP) is -2.33. The van der Waals surface area contributed by atoms with Gasteiger partial charge >= 0.3 is 0 Å². The van der Waals surface area contributed by atoms with Crippen molar-refractivity contribution in [2.24, 2.45) is 5.73 Å². The minimum Gasteiger partial charge on any atom is -0.368 e. The standard InChI is InChI=1S/C5H12N2O6S2/c1-14(9,10)7-3-2-4(5(6)8)15(11,12)13/h4,7H,2-3H2,1H3,(H2,6,8)(H,11,12,13). The van der Waals surface area contributed by atoms with Gasteiger partial charge in [0.2, 0.25) is 15.9 Å². The van der Waals surface area contributed by atoms with Crippen molar-refractivity contribution in [3.05, 3.63) is 0 Å². The maximum Gasteiger partial charge on any atom is 0.276 e. The van der Waals surface area contributed by atoms with Crippen LogP contribution >= 0.6 is 0 Å². The monoisotopic (exact) mass is 260 g/mol. The number of hydrogen-bond donors (Lipinski definition) is 3. The lowest BCUT2D eigenvalue weighted by molar-refractivity contribution is -0.117. The normalized spacial score (nSPS) is 14.8. The molecule has 0 aromatic rings. The van der Waals surface area contributed by atoms with Gasteiger partial charge in [-0.1, -0.05) is 0 Å². The number of nitrogens with one attached hydrogen (secondary N) is 1. The molecule has 0 radical (unpaired) electrons. The Morgan fingerprint density at radius 1 is 1.40 bits per heavy atom. The summed E-state index contributed by atoms with van der Waals surface area (Å²) in [6.45, 7) is -0.299. The molecule has 8 nitrogen and oxygen atoms in total. The van der Waals surface area contributed by atoms with Crippen LogP contribution in [-0.4, -0.2) is 45.3 Å². The Balaban J connectivity index is 4.42. The van der Waals surface area contributed by atoms with Crippen molar-refractivity contribution in [2.45, 2.75) is 11.7 Å². The number of sulfonamides is 1. The van der Waals surface area contributed by atoms with Crippen LogP contribution in [0.4, 0.5) is 0 Å². The minimum absolute atomic E-state index is 0.299. The van der Waals surface area contributed by atoms with E-state index in [0.717, 1.165) is 6.26 Å². The van der Waals surface area contributed by atoms with Crippen LogP contribution in [0.2, 0.25) is 0 Å². The largest absolute Gasteiger partial charge is 0.368 e. The SMILES string of the molecule is CS(=O)(=O)NCCC(C(N)=O)S(=O)(=O)O. The van der Waals surface area contributed by atoms with Crippen molar-refractivity contribution in [3.63, 3.8) is 0 Å².